The van der Waals surface area contributed by atoms with E-state index in [1.165, 1.54) is 0 Å². The molecule has 0 aromatic heterocycles. The lowest BCUT2D eigenvalue weighted by molar-refractivity contribution is -0.123. The van der Waals surface area contributed by atoms with Gasteiger partial charge in [0.15, 0.2) is 6.10 Å². The first-order chi connectivity index (χ1) is 10.1. The van der Waals surface area contributed by atoms with Crippen molar-refractivity contribution in [2.24, 2.45) is 0 Å². The molecule has 1 aliphatic rings. The van der Waals surface area contributed by atoms with Gasteiger partial charge in [0.25, 0.3) is 0 Å². The molecule has 0 aliphatic carbocycles. The Balaban J connectivity index is 1.99. The van der Waals surface area contributed by atoms with Crippen LogP contribution in [-0.2, 0) is 9.53 Å². The standard InChI is InChI=1S/C15H16N4O2/c1-11(19-5-6-21-14(9-17)10-19)15(20)18-13-4-2-3-12(7-13)8-16/h2-4,7,11,14H,5-6,10H2,1H3,(H,18,20). The van der Waals surface area contributed by atoms with Crippen LogP contribution in [0.4, 0.5) is 5.69 Å². The number of benzene rings is 1. The third-order valence-corrected chi connectivity index (χ3v) is 3.43. The van der Waals surface area contributed by atoms with Gasteiger partial charge in [0.1, 0.15) is 0 Å². The van der Waals surface area contributed by atoms with Crippen LogP contribution in [0.1, 0.15) is 12.5 Å². The van der Waals surface area contributed by atoms with Crippen LogP contribution >= 0.6 is 0 Å². The van der Waals surface area contributed by atoms with E-state index in [2.05, 4.69) is 11.4 Å². The van der Waals surface area contributed by atoms with Gasteiger partial charge in [-0.15, -0.1) is 0 Å². The van der Waals surface area contributed by atoms with Gasteiger partial charge < -0.3 is 10.1 Å². The highest BCUT2D eigenvalue weighted by Gasteiger charge is 2.27. The average Bonchev–Trinajstić information content (AvgIpc) is 2.54. The highest BCUT2D eigenvalue weighted by molar-refractivity contribution is 5.94. The molecule has 0 spiro atoms. The van der Waals surface area contributed by atoms with Crippen LogP contribution in [0.5, 0.6) is 0 Å². The number of ether oxygens (including phenoxy) is 1. The normalized spacial score (nSPS) is 20.0. The maximum Gasteiger partial charge on any atom is 0.241 e. The Labute approximate surface area is 123 Å². The van der Waals surface area contributed by atoms with Gasteiger partial charge >= 0.3 is 0 Å². The van der Waals surface area contributed by atoms with Crippen molar-refractivity contribution in [3.05, 3.63) is 29.8 Å². The van der Waals surface area contributed by atoms with E-state index in [0.717, 1.165) is 0 Å². The van der Waals surface area contributed by atoms with Crippen LogP contribution in [-0.4, -0.2) is 42.6 Å². The van der Waals surface area contributed by atoms with Crippen LogP contribution < -0.4 is 5.32 Å². The minimum atomic E-state index is -0.490. The molecule has 1 N–H and O–H groups in total. The molecule has 1 heterocycles. The maximum absolute atomic E-state index is 12.2. The molecule has 1 aliphatic heterocycles. The van der Waals surface area contributed by atoms with Crippen LogP contribution in [0.25, 0.3) is 0 Å². The second-order valence-corrected chi connectivity index (χ2v) is 4.84. The van der Waals surface area contributed by atoms with Crippen molar-refractivity contribution in [1.82, 2.24) is 4.90 Å². The highest BCUT2D eigenvalue weighted by atomic mass is 16.5. The Morgan fingerprint density at radius 2 is 2.33 bits per heavy atom. The molecule has 1 fully saturated rings. The van der Waals surface area contributed by atoms with Crippen molar-refractivity contribution < 1.29 is 9.53 Å². The van der Waals surface area contributed by atoms with Crippen molar-refractivity contribution in [3.8, 4) is 12.1 Å². The van der Waals surface area contributed by atoms with Gasteiger partial charge in [-0.2, -0.15) is 10.5 Å². The number of nitriles is 2. The largest absolute Gasteiger partial charge is 0.361 e. The summed E-state index contributed by atoms with van der Waals surface area (Å²) in [5.74, 6) is -0.163. The third-order valence-electron chi connectivity index (χ3n) is 3.43. The van der Waals surface area contributed by atoms with E-state index in [1.807, 2.05) is 11.0 Å². The Morgan fingerprint density at radius 1 is 1.52 bits per heavy atom. The zero-order valence-corrected chi connectivity index (χ0v) is 11.7. The van der Waals surface area contributed by atoms with Crippen LogP contribution in [0.3, 0.4) is 0 Å². The number of hydrogen-bond donors (Lipinski definition) is 1. The van der Waals surface area contributed by atoms with Crippen LogP contribution in [0.2, 0.25) is 0 Å². The number of nitrogens with zero attached hydrogens (tertiary/aromatic N) is 3. The molecule has 0 saturated carbocycles. The van der Waals surface area contributed by atoms with E-state index in [0.29, 0.717) is 30.9 Å². The minimum Gasteiger partial charge on any atom is -0.361 e. The maximum atomic E-state index is 12.2. The molecule has 1 aromatic carbocycles. The van der Waals surface area contributed by atoms with Crippen molar-refractivity contribution >= 4 is 11.6 Å². The fourth-order valence-electron chi connectivity index (χ4n) is 2.18. The summed E-state index contributed by atoms with van der Waals surface area (Å²) in [5.41, 5.74) is 1.09. The van der Waals surface area contributed by atoms with Gasteiger partial charge in [0.05, 0.1) is 30.4 Å². The summed E-state index contributed by atoms with van der Waals surface area (Å²) in [4.78, 5) is 14.2. The molecule has 108 valence electrons. The van der Waals surface area contributed by atoms with E-state index >= 15 is 0 Å². The molecule has 0 bridgehead atoms. The topological polar surface area (TPSA) is 89.2 Å². The quantitative estimate of drug-likeness (QED) is 0.898. The molecule has 1 amide bonds. The lowest BCUT2D eigenvalue weighted by atomic mass is 10.2. The molecule has 1 saturated heterocycles. The number of anilines is 1. The van der Waals surface area contributed by atoms with Gasteiger partial charge in [0, 0.05) is 18.8 Å². The second kappa shape index (κ2) is 6.85. The van der Waals surface area contributed by atoms with Gasteiger partial charge in [-0.1, -0.05) is 6.07 Å². The first-order valence-corrected chi connectivity index (χ1v) is 6.70. The van der Waals surface area contributed by atoms with Gasteiger partial charge in [-0.25, -0.2) is 0 Å². The fourth-order valence-corrected chi connectivity index (χ4v) is 2.18. The number of nitrogens with one attached hydrogen (secondary N) is 1. The van der Waals surface area contributed by atoms with Crippen LogP contribution in [0.15, 0.2) is 24.3 Å². The number of hydrogen-bond acceptors (Lipinski definition) is 5. The monoisotopic (exact) mass is 284 g/mol. The van der Waals surface area contributed by atoms with E-state index in [-0.39, 0.29) is 11.9 Å². The van der Waals surface area contributed by atoms with E-state index in [4.69, 9.17) is 15.3 Å². The van der Waals surface area contributed by atoms with Gasteiger partial charge in [0.2, 0.25) is 5.91 Å². The molecule has 6 nitrogen and oxygen atoms in total. The molecule has 0 radical (unpaired) electrons. The Kier molecular flexibility index (Phi) is 4.89. The number of morpholine rings is 1. The van der Waals surface area contributed by atoms with Crippen molar-refractivity contribution in [2.45, 2.75) is 19.1 Å². The molecular formula is C15H16N4O2. The predicted molar refractivity (Wildman–Crippen MR) is 76.2 cm³/mol. The predicted octanol–water partition coefficient (Wildman–Crippen LogP) is 1.11. The van der Waals surface area contributed by atoms with Gasteiger partial charge in [-0.05, 0) is 25.1 Å². The second-order valence-electron chi connectivity index (χ2n) is 4.84. The van der Waals surface area contributed by atoms with Gasteiger partial charge in [-0.3, -0.25) is 9.69 Å². The summed E-state index contributed by atoms with van der Waals surface area (Å²) in [5, 5.41) is 20.5. The van der Waals surface area contributed by atoms with Crippen molar-refractivity contribution in [3.63, 3.8) is 0 Å². The number of amides is 1. The Hall–Kier alpha value is -2.41. The zero-order valence-electron chi connectivity index (χ0n) is 11.7. The summed E-state index contributed by atoms with van der Waals surface area (Å²) >= 11 is 0. The molecule has 2 atom stereocenters. The first kappa shape index (κ1) is 15.0. The summed E-state index contributed by atoms with van der Waals surface area (Å²) in [6, 6.07) is 10.5. The number of carbonyl (C=O) groups excluding carboxylic acids is 1. The molecular weight excluding hydrogens is 268 g/mol. The SMILES string of the molecule is CC(C(=O)Nc1cccc(C#N)c1)N1CCOC(C#N)C1. The zero-order chi connectivity index (χ0) is 15.2. The van der Waals surface area contributed by atoms with E-state index in [9.17, 15) is 4.79 Å². The molecule has 6 heteroatoms. The third kappa shape index (κ3) is 3.79. The van der Waals surface area contributed by atoms with E-state index in [1.54, 1.807) is 31.2 Å². The highest BCUT2D eigenvalue weighted by Crippen LogP contribution is 2.13. The van der Waals surface area contributed by atoms with Crippen molar-refractivity contribution in [1.29, 1.82) is 10.5 Å². The summed E-state index contributed by atoms with van der Waals surface area (Å²) in [7, 11) is 0. The molecule has 21 heavy (non-hydrogen) atoms. The number of carbonyl (C=O) groups is 1. The smallest absolute Gasteiger partial charge is 0.241 e. The Bertz CT molecular complexity index is 602. The fraction of sp³-hybridized carbons (Fsp3) is 0.400. The summed E-state index contributed by atoms with van der Waals surface area (Å²) in [6.07, 6.45) is -0.490. The summed E-state index contributed by atoms with van der Waals surface area (Å²) < 4.78 is 5.27. The lowest BCUT2D eigenvalue weighted by Gasteiger charge is -2.33. The van der Waals surface area contributed by atoms with E-state index < -0.39 is 6.10 Å². The molecule has 2 rings (SSSR count). The number of rotatable bonds is 3. The first-order valence-electron chi connectivity index (χ1n) is 6.70. The lowest BCUT2D eigenvalue weighted by Crippen LogP contribution is -2.50. The van der Waals surface area contributed by atoms with Crippen molar-refractivity contribution in [2.75, 3.05) is 25.0 Å². The Morgan fingerprint density at radius 3 is 3.05 bits per heavy atom. The molecule has 2 unspecified atom stereocenters. The van der Waals surface area contributed by atoms with Crippen LogP contribution in [0, 0.1) is 22.7 Å². The average molecular weight is 284 g/mol. The summed E-state index contributed by atoms with van der Waals surface area (Å²) in [6.45, 7) is 3.28. The molecule has 1 aromatic rings. The minimum absolute atomic E-state index is 0.163.